The van der Waals surface area contributed by atoms with Crippen LogP contribution >= 0.6 is 0 Å². The molecule has 3 rings (SSSR count). The van der Waals surface area contributed by atoms with Gasteiger partial charge in [-0.3, -0.25) is 14.5 Å². The Balaban J connectivity index is 1.57. The highest BCUT2D eigenvalue weighted by molar-refractivity contribution is 5.90. The van der Waals surface area contributed by atoms with E-state index in [1.807, 2.05) is 11.8 Å². The number of hydrogen-bond acceptors (Lipinski definition) is 4. The number of para-hydroxylation sites is 2. The second-order valence-electron chi connectivity index (χ2n) is 7.77. The molecule has 0 spiro atoms. The Bertz CT molecular complexity index is 888. The number of carbonyl (C=O) groups is 2. The number of carbonyl (C=O) groups excluding carboxylic acids is 2. The van der Waals surface area contributed by atoms with E-state index in [-0.39, 0.29) is 36.3 Å². The molecule has 1 saturated heterocycles. The van der Waals surface area contributed by atoms with Gasteiger partial charge in [-0.15, -0.1) is 0 Å². The number of nitrogens with zero attached hydrogens (tertiary/aromatic N) is 2. The fraction of sp³-hybridized carbons (Fsp3) is 0.391. The molecule has 0 saturated carbocycles. The molecule has 7 heteroatoms. The number of halogens is 1. The van der Waals surface area contributed by atoms with Gasteiger partial charge in [-0.2, -0.15) is 0 Å². The number of anilines is 1. The summed E-state index contributed by atoms with van der Waals surface area (Å²) in [7, 11) is 0. The van der Waals surface area contributed by atoms with Crippen LogP contribution in [0.25, 0.3) is 0 Å². The summed E-state index contributed by atoms with van der Waals surface area (Å²) in [4.78, 5) is 28.3. The van der Waals surface area contributed by atoms with Crippen LogP contribution in [0.3, 0.4) is 0 Å². The summed E-state index contributed by atoms with van der Waals surface area (Å²) >= 11 is 0. The first-order valence-corrected chi connectivity index (χ1v) is 10.1. The SMILES string of the molecule is CC(=O)Nc1ccccc1OCC(=O)N1C[C@H](C)N(Cc2ccc(F)cc2)C[C@H]1C. The minimum atomic E-state index is -0.240. The lowest BCUT2D eigenvalue weighted by atomic mass is 10.1. The van der Waals surface area contributed by atoms with Crippen LogP contribution in [0, 0.1) is 5.82 Å². The maximum absolute atomic E-state index is 13.1. The molecule has 0 bridgehead atoms. The average Bonchev–Trinajstić information content (AvgIpc) is 2.71. The van der Waals surface area contributed by atoms with E-state index in [0.29, 0.717) is 24.5 Å². The molecule has 1 aliphatic heterocycles. The summed E-state index contributed by atoms with van der Waals surface area (Å²) in [5.41, 5.74) is 1.59. The highest BCUT2D eigenvalue weighted by atomic mass is 19.1. The Kier molecular flexibility index (Phi) is 7.05. The molecular formula is C23H28FN3O3. The second-order valence-corrected chi connectivity index (χ2v) is 7.77. The van der Waals surface area contributed by atoms with Crippen molar-refractivity contribution in [2.45, 2.75) is 39.4 Å². The number of hydrogen-bond donors (Lipinski definition) is 1. The quantitative estimate of drug-likeness (QED) is 0.790. The van der Waals surface area contributed by atoms with Crippen LogP contribution in [0.1, 0.15) is 26.3 Å². The summed E-state index contributed by atoms with van der Waals surface area (Å²) < 4.78 is 18.9. The van der Waals surface area contributed by atoms with Gasteiger partial charge in [-0.05, 0) is 43.7 Å². The highest BCUT2D eigenvalue weighted by Gasteiger charge is 2.32. The zero-order valence-electron chi connectivity index (χ0n) is 17.6. The van der Waals surface area contributed by atoms with Crippen molar-refractivity contribution in [1.82, 2.24) is 9.80 Å². The van der Waals surface area contributed by atoms with Crippen molar-refractivity contribution in [3.05, 3.63) is 59.9 Å². The maximum Gasteiger partial charge on any atom is 0.260 e. The van der Waals surface area contributed by atoms with E-state index < -0.39 is 0 Å². The van der Waals surface area contributed by atoms with E-state index >= 15 is 0 Å². The number of rotatable bonds is 6. The topological polar surface area (TPSA) is 61.9 Å². The second kappa shape index (κ2) is 9.71. The molecule has 0 radical (unpaired) electrons. The predicted molar refractivity (Wildman–Crippen MR) is 114 cm³/mol. The molecule has 1 N–H and O–H groups in total. The van der Waals surface area contributed by atoms with Crippen LogP contribution in [-0.2, 0) is 16.1 Å². The minimum absolute atomic E-state index is 0.0309. The molecule has 2 aromatic carbocycles. The first-order chi connectivity index (χ1) is 14.3. The molecule has 2 aromatic rings. The predicted octanol–water partition coefficient (Wildman–Crippen LogP) is 3.28. The monoisotopic (exact) mass is 413 g/mol. The van der Waals surface area contributed by atoms with Crippen molar-refractivity contribution >= 4 is 17.5 Å². The van der Waals surface area contributed by atoms with E-state index in [4.69, 9.17) is 4.74 Å². The Morgan fingerprint density at radius 1 is 1.07 bits per heavy atom. The fourth-order valence-corrected chi connectivity index (χ4v) is 3.70. The number of piperazine rings is 1. The zero-order valence-corrected chi connectivity index (χ0v) is 17.6. The van der Waals surface area contributed by atoms with Crippen molar-refractivity contribution in [2.24, 2.45) is 0 Å². The molecule has 1 aliphatic rings. The van der Waals surface area contributed by atoms with Crippen LogP contribution in [0.4, 0.5) is 10.1 Å². The first kappa shape index (κ1) is 21.8. The molecule has 0 aromatic heterocycles. The Morgan fingerprint density at radius 3 is 2.47 bits per heavy atom. The van der Waals surface area contributed by atoms with Gasteiger partial charge in [-0.1, -0.05) is 24.3 Å². The molecule has 2 amide bonds. The maximum atomic E-state index is 13.1. The number of nitrogens with one attached hydrogen (secondary N) is 1. The molecule has 1 fully saturated rings. The van der Waals surface area contributed by atoms with Crippen LogP contribution in [0.15, 0.2) is 48.5 Å². The number of ether oxygens (including phenoxy) is 1. The Labute approximate surface area is 176 Å². The molecule has 6 nitrogen and oxygen atoms in total. The summed E-state index contributed by atoms with van der Waals surface area (Å²) in [6.07, 6.45) is 0. The van der Waals surface area contributed by atoms with E-state index in [1.165, 1.54) is 19.1 Å². The van der Waals surface area contributed by atoms with Crippen LogP contribution in [0.5, 0.6) is 5.75 Å². The Hall–Kier alpha value is -2.93. The highest BCUT2D eigenvalue weighted by Crippen LogP contribution is 2.24. The normalized spacial score (nSPS) is 19.4. The number of amides is 2. The van der Waals surface area contributed by atoms with Gasteiger partial charge in [-0.25, -0.2) is 4.39 Å². The lowest BCUT2D eigenvalue weighted by Crippen LogP contribution is -2.58. The van der Waals surface area contributed by atoms with Gasteiger partial charge in [0, 0.05) is 38.6 Å². The lowest BCUT2D eigenvalue weighted by molar-refractivity contribution is -0.139. The number of benzene rings is 2. The molecule has 2 atom stereocenters. The van der Waals surface area contributed by atoms with Crippen molar-refractivity contribution < 1.29 is 18.7 Å². The van der Waals surface area contributed by atoms with Crippen LogP contribution < -0.4 is 10.1 Å². The van der Waals surface area contributed by atoms with Gasteiger partial charge in [0.05, 0.1) is 5.69 Å². The van der Waals surface area contributed by atoms with Gasteiger partial charge in [0.1, 0.15) is 11.6 Å². The smallest absolute Gasteiger partial charge is 0.260 e. The third-order valence-electron chi connectivity index (χ3n) is 5.28. The molecule has 30 heavy (non-hydrogen) atoms. The van der Waals surface area contributed by atoms with Crippen molar-refractivity contribution in [3.63, 3.8) is 0 Å². The van der Waals surface area contributed by atoms with Crippen molar-refractivity contribution in [2.75, 3.05) is 25.0 Å². The Morgan fingerprint density at radius 2 is 1.77 bits per heavy atom. The standard InChI is InChI=1S/C23H28FN3O3/c1-16-13-27(17(2)12-26(16)14-19-8-10-20(24)11-9-19)23(29)15-30-22-7-5-4-6-21(22)25-18(3)28/h4-11,16-17H,12-15H2,1-3H3,(H,25,28)/t16-,17+/m0/s1. The summed E-state index contributed by atoms with van der Waals surface area (Å²) in [5.74, 6) is -0.0575. The molecular weight excluding hydrogens is 385 g/mol. The largest absolute Gasteiger partial charge is 0.482 e. The van der Waals surface area contributed by atoms with Gasteiger partial charge >= 0.3 is 0 Å². The average molecular weight is 413 g/mol. The van der Waals surface area contributed by atoms with E-state index in [0.717, 1.165) is 12.1 Å². The molecule has 0 aliphatic carbocycles. The zero-order chi connectivity index (χ0) is 21.7. The van der Waals surface area contributed by atoms with Crippen molar-refractivity contribution in [3.8, 4) is 5.75 Å². The van der Waals surface area contributed by atoms with Gasteiger partial charge in [0.2, 0.25) is 5.91 Å². The van der Waals surface area contributed by atoms with E-state index in [1.54, 1.807) is 36.4 Å². The molecule has 1 heterocycles. The van der Waals surface area contributed by atoms with Crippen LogP contribution in [0.2, 0.25) is 0 Å². The summed E-state index contributed by atoms with van der Waals surface area (Å²) in [6, 6.07) is 13.8. The minimum Gasteiger partial charge on any atom is -0.482 e. The van der Waals surface area contributed by atoms with Gasteiger partial charge in [0.25, 0.3) is 5.91 Å². The third-order valence-corrected chi connectivity index (χ3v) is 5.28. The first-order valence-electron chi connectivity index (χ1n) is 10.1. The third kappa shape index (κ3) is 5.57. The van der Waals surface area contributed by atoms with Gasteiger partial charge < -0.3 is 15.0 Å². The van der Waals surface area contributed by atoms with E-state index in [2.05, 4.69) is 17.1 Å². The lowest BCUT2D eigenvalue weighted by Gasteiger charge is -2.44. The van der Waals surface area contributed by atoms with Gasteiger partial charge in [0.15, 0.2) is 6.61 Å². The fourth-order valence-electron chi connectivity index (χ4n) is 3.70. The van der Waals surface area contributed by atoms with Crippen molar-refractivity contribution in [1.29, 1.82) is 0 Å². The summed E-state index contributed by atoms with van der Waals surface area (Å²) in [6.45, 7) is 7.48. The molecule has 0 unspecified atom stereocenters. The van der Waals surface area contributed by atoms with Crippen LogP contribution in [-0.4, -0.2) is 53.4 Å². The summed E-state index contributed by atoms with van der Waals surface area (Å²) in [5, 5.41) is 2.71. The molecule has 160 valence electrons. The van der Waals surface area contributed by atoms with E-state index in [9.17, 15) is 14.0 Å².